The van der Waals surface area contributed by atoms with E-state index >= 15 is 0 Å². The molecular formula is C18H19FN2O2S. The molecule has 1 heterocycles. The fraction of sp³-hybridized carbons (Fsp3) is 0.333. The minimum absolute atomic E-state index is 0.0123. The number of halogens is 1. The van der Waals surface area contributed by atoms with Gasteiger partial charge in [0.25, 0.3) is 5.91 Å². The van der Waals surface area contributed by atoms with E-state index in [0.29, 0.717) is 17.7 Å². The second-order valence-electron chi connectivity index (χ2n) is 6.17. The van der Waals surface area contributed by atoms with Crippen LogP contribution in [0.2, 0.25) is 0 Å². The average Bonchev–Trinajstić information content (AvgIpc) is 2.99. The normalized spacial score (nSPS) is 16.4. The summed E-state index contributed by atoms with van der Waals surface area (Å²) in [4.78, 5) is 27.9. The van der Waals surface area contributed by atoms with E-state index in [0.717, 1.165) is 12.0 Å². The van der Waals surface area contributed by atoms with Crippen LogP contribution in [0.1, 0.15) is 26.5 Å². The van der Waals surface area contributed by atoms with Gasteiger partial charge >= 0.3 is 0 Å². The van der Waals surface area contributed by atoms with Crippen molar-refractivity contribution in [3.05, 3.63) is 51.5 Å². The third kappa shape index (κ3) is 3.33. The summed E-state index contributed by atoms with van der Waals surface area (Å²) < 4.78 is 13.7. The van der Waals surface area contributed by atoms with Crippen LogP contribution in [0.5, 0.6) is 0 Å². The first-order valence-corrected chi connectivity index (χ1v) is 8.66. The fourth-order valence-corrected chi connectivity index (χ4v) is 4.10. The van der Waals surface area contributed by atoms with Gasteiger partial charge in [-0.3, -0.25) is 9.59 Å². The first kappa shape index (κ1) is 16.6. The number of hydrogen-bond acceptors (Lipinski definition) is 3. The molecule has 0 saturated carbocycles. The molecule has 1 aromatic heterocycles. The Hall–Kier alpha value is -2.21. The minimum atomic E-state index is -0.434. The summed E-state index contributed by atoms with van der Waals surface area (Å²) in [6.07, 6.45) is 2.08. The molecule has 24 heavy (non-hydrogen) atoms. The molecule has 0 saturated heterocycles. The predicted octanol–water partition coefficient (Wildman–Crippen LogP) is 3.33. The fourth-order valence-electron chi connectivity index (χ4n) is 2.87. The van der Waals surface area contributed by atoms with Crippen LogP contribution in [0, 0.1) is 11.7 Å². The SMILES string of the molecule is CN(C)C(=O)c1cc2c(s1)CCC(C(=O)Nc1ccccc1F)C2. The summed E-state index contributed by atoms with van der Waals surface area (Å²) in [7, 11) is 3.46. The molecule has 1 aromatic carbocycles. The quantitative estimate of drug-likeness (QED) is 0.927. The van der Waals surface area contributed by atoms with Crippen LogP contribution in [0.4, 0.5) is 10.1 Å². The molecule has 4 nitrogen and oxygen atoms in total. The summed E-state index contributed by atoms with van der Waals surface area (Å²) in [6.45, 7) is 0. The average molecular weight is 346 g/mol. The largest absolute Gasteiger partial charge is 0.344 e. The molecule has 6 heteroatoms. The number of nitrogens with zero attached hydrogens (tertiary/aromatic N) is 1. The van der Waals surface area contributed by atoms with Gasteiger partial charge in [-0.25, -0.2) is 4.39 Å². The number of fused-ring (bicyclic) bond motifs is 1. The third-order valence-electron chi connectivity index (χ3n) is 4.20. The lowest BCUT2D eigenvalue weighted by Gasteiger charge is -2.21. The second kappa shape index (κ2) is 6.73. The number of nitrogens with one attached hydrogen (secondary N) is 1. The van der Waals surface area contributed by atoms with E-state index in [4.69, 9.17) is 0 Å². The zero-order valence-corrected chi connectivity index (χ0v) is 14.5. The number of carbonyl (C=O) groups is 2. The number of thiophene rings is 1. The number of hydrogen-bond donors (Lipinski definition) is 1. The highest BCUT2D eigenvalue weighted by atomic mass is 32.1. The van der Waals surface area contributed by atoms with Gasteiger partial charge in [-0.1, -0.05) is 12.1 Å². The highest BCUT2D eigenvalue weighted by molar-refractivity contribution is 7.14. The molecule has 1 unspecified atom stereocenters. The van der Waals surface area contributed by atoms with Crippen molar-refractivity contribution in [2.45, 2.75) is 19.3 Å². The van der Waals surface area contributed by atoms with Gasteiger partial charge in [0.1, 0.15) is 5.82 Å². The number of anilines is 1. The van der Waals surface area contributed by atoms with E-state index in [-0.39, 0.29) is 23.4 Å². The van der Waals surface area contributed by atoms with E-state index in [2.05, 4.69) is 5.32 Å². The van der Waals surface area contributed by atoms with E-state index in [1.807, 2.05) is 6.07 Å². The summed E-state index contributed by atoms with van der Waals surface area (Å²) in [5.41, 5.74) is 1.27. The molecule has 0 aliphatic heterocycles. The van der Waals surface area contributed by atoms with Gasteiger partial charge in [0.15, 0.2) is 0 Å². The van der Waals surface area contributed by atoms with Crippen LogP contribution in [0.15, 0.2) is 30.3 Å². The molecule has 2 aromatic rings. The van der Waals surface area contributed by atoms with Gasteiger partial charge in [0, 0.05) is 24.9 Å². The molecule has 2 amide bonds. The summed E-state index contributed by atoms with van der Waals surface area (Å²) in [5.74, 6) is -0.815. The van der Waals surface area contributed by atoms with Crippen molar-refractivity contribution in [2.75, 3.05) is 19.4 Å². The van der Waals surface area contributed by atoms with Crippen molar-refractivity contribution in [3.63, 3.8) is 0 Å². The van der Waals surface area contributed by atoms with E-state index in [1.165, 1.54) is 22.3 Å². The number of amides is 2. The number of carbonyl (C=O) groups excluding carboxylic acids is 2. The number of benzene rings is 1. The zero-order valence-electron chi connectivity index (χ0n) is 13.6. The van der Waals surface area contributed by atoms with Crippen LogP contribution in [-0.2, 0) is 17.6 Å². The molecule has 1 aliphatic carbocycles. The lowest BCUT2D eigenvalue weighted by Crippen LogP contribution is -2.27. The molecule has 126 valence electrons. The van der Waals surface area contributed by atoms with Crippen LogP contribution < -0.4 is 5.32 Å². The standard InChI is InChI=1S/C18H19FN2O2S/c1-21(2)18(23)16-10-12-9-11(7-8-15(12)24-16)17(22)20-14-6-4-3-5-13(14)19/h3-6,10-11H,7-9H2,1-2H3,(H,20,22). The molecule has 1 N–H and O–H groups in total. The predicted molar refractivity (Wildman–Crippen MR) is 92.9 cm³/mol. The Morgan fingerprint density at radius 1 is 1.29 bits per heavy atom. The molecule has 0 bridgehead atoms. The smallest absolute Gasteiger partial charge is 0.263 e. The first-order chi connectivity index (χ1) is 11.5. The van der Waals surface area contributed by atoms with E-state index < -0.39 is 5.82 Å². The lowest BCUT2D eigenvalue weighted by molar-refractivity contribution is -0.120. The Balaban J connectivity index is 1.72. The Labute approximate surface area is 144 Å². The minimum Gasteiger partial charge on any atom is -0.344 e. The molecule has 1 atom stereocenters. The first-order valence-electron chi connectivity index (χ1n) is 7.84. The summed E-state index contributed by atoms with van der Waals surface area (Å²) >= 11 is 1.51. The van der Waals surface area contributed by atoms with Crippen molar-refractivity contribution in [3.8, 4) is 0 Å². The van der Waals surface area contributed by atoms with Gasteiger partial charge in [-0.15, -0.1) is 11.3 Å². The van der Waals surface area contributed by atoms with Crippen LogP contribution in [0.25, 0.3) is 0 Å². The summed E-state index contributed by atoms with van der Waals surface area (Å²) in [5, 5.41) is 2.67. The van der Waals surface area contributed by atoms with Crippen molar-refractivity contribution in [1.29, 1.82) is 0 Å². The maximum Gasteiger partial charge on any atom is 0.263 e. The highest BCUT2D eigenvalue weighted by Gasteiger charge is 2.28. The van der Waals surface area contributed by atoms with Gasteiger partial charge in [-0.2, -0.15) is 0 Å². The topological polar surface area (TPSA) is 49.4 Å². The van der Waals surface area contributed by atoms with Crippen molar-refractivity contribution >= 4 is 28.8 Å². The zero-order chi connectivity index (χ0) is 17.3. The molecule has 0 fully saturated rings. The van der Waals surface area contributed by atoms with Crippen molar-refractivity contribution in [2.24, 2.45) is 5.92 Å². The Bertz CT molecular complexity index is 785. The maximum atomic E-state index is 13.7. The Morgan fingerprint density at radius 2 is 2.04 bits per heavy atom. The maximum absolute atomic E-state index is 13.7. The molecule has 3 rings (SSSR count). The van der Waals surface area contributed by atoms with Gasteiger partial charge in [0.05, 0.1) is 10.6 Å². The van der Waals surface area contributed by atoms with E-state index in [1.54, 1.807) is 37.2 Å². The molecule has 1 aliphatic rings. The van der Waals surface area contributed by atoms with Crippen LogP contribution in [0.3, 0.4) is 0 Å². The van der Waals surface area contributed by atoms with Gasteiger partial charge < -0.3 is 10.2 Å². The third-order valence-corrected chi connectivity index (χ3v) is 5.43. The van der Waals surface area contributed by atoms with Gasteiger partial charge in [0.2, 0.25) is 5.91 Å². The highest BCUT2D eigenvalue weighted by Crippen LogP contribution is 2.33. The lowest BCUT2D eigenvalue weighted by atomic mass is 9.87. The molecule has 0 spiro atoms. The Morgan fingerprint density at radius 3 is 2.75 bits per heavy atom. The van der Waals surface area contributed by atoms with Crippen LogP contribution in [-0.4, -0.2) is 30.8 Å². The van der Waals surface area contributed by atoms with E-state index in [9.17, 15) is 14.0 Å². The van der Waals surface area contributed by atoms with Crippen molar-refractivity contribution in [1.82, 2.24) is 4.90 Å². The number of rotatable bonds is 3. The Kier molecular flexibility index (Phi) is 4.66. The van der Waals surface area contributed by atoms with Crippen LogP contribution >= 0.6 is 11.3 Å². The number of aryl methyl sites for hydroxylation is 1. The summed E-state index contributed by atoms with van der Waals surface area (Å²) in [6, 6.07) is 8.06. The molecular weight excluding hydrogens is 327 g/mol. The monoisotopic (exact) mass is 346 g/mol. The second-order valence-corrected chi connectivity index (χ2v) is 7.30. The number of para-hydroxylation sites is 1. The van der Waals surface area contributed by atoms with Crippen molar-refractivity contribution < 1.29 is 14.0 Å². The molecule has 0 radical (unpaired) electrons. The van der Waals surface area contributed by atoms with Gasteiger partial charge in [-0.05, 0) is 43.0 Å².